The number of ether oxygens (including phenoxy) is 2. The third-order valence-corrected chi connectivity index (χ3v) is 3.46. The van der Waals surface area contributed by atoms with E-state index < -0.39 is 0 Å². The van der Waals surface area contributed by atoms with E-state index in [1.807, 2.05) is 18.3 Å². The number of hydrogen-bond donors (Lipinski definition) is 0. The van der Waals surface area contributed by atoms with E-state index in [0.717, 1.165) is 29.5 Å². The summed E-state index contributed by atoms with van der Waals surface area (Å²) in [6.07, 6.45) is 2.91. The Morgan fingerprint density at radius 2 is 2.00 bits per heavy atom. The van der Waals surface area contributed by atoms with Crippen LogP contribution < -0.4 is 9.47 Å². The zero-order chi connectivity index (χ0) is 14.3. The van der Waals surface area contributed by atoms with E-state index in [2.05, 4.69) is 39.9 Å². The molecule has 0 radical (unpaired) electrons. The highest BCUT2D eigenvalue weighted by Crippen LogP contribution is 2.36. The van der Waals surface area contributed by atoms with Crippen molar-refractivity contribution in [1.29, 1.82) is 0 Å². The van der Waals surface area contributed by atoms with Crippen LogP contribution in [0.2, 0.25) is 0 Å². The molecule has 5 heteroatoms. The summed E-state index contributed by atoms with van der Waals surface area (Å²) in [5, 5.41) is 0. The predicted molar refractivity (Wildman–Crippen MR) is 82.9 cm³/mol. The van der Waals surface area contributed by atoms with Crippen molar-refractivity contribution in [1.82, 2.24) is 4.90 Å². The molecule has 0 saturated heterocycles. The van der Waals surface area contributed by atoms with Gasteiger partial charge in [0, 0.05) is 18.3 Å². The van der Waals surface area contributed by atoms with Gasteiger partial charge in [-0.1, -0.05) is 0 Å². The van der Waals surface area contributed by atoms with Crippen LogP contribution in [0, 0.1) is 0 Å². The molecule has 19 heavy (non-hydrogen) atoms. The number of nitrogens with zero attached hydrogens (tertiary/aromatic N) is 2. The number of benzene rings is 1. The van der Waals surface area contributed by atoms with Gasteiger partial charge in [0.2, 0.25) is 0 Å². The Labute approximate surface area is 123 Å². The summed E-state index contributed by atoms with van der Waals surface area (Å²) in [7, 11) is 7.38. The molecular formula is C14H21BrN2O2. The summed E-state index contributed by atoms with van der Waals surface area (Å²) in [5.74, 6) is 1.40. The largest absolute Gasteiger partial charge is 0.493 e. The van der Waals surface area contributed by atoms with E-state index >= 15 is 0 Å². The first-order valence-electron chi connectivity index (χ1n) is 6.15. The zero-order valence-electron chi connectivity index (χ0n) is 11.9. The summed E-state index contributed by atoms with van der Waals surface area (Å²) in [5.41, 5.74) is 0.988. The van der Waals surface area contributed by atoms with Crippen LogP contribution in [0.25, 0.3) is 0 Å². The first-order chi connectivity index (χ1) is 9.10. The minimum Gasteiger partial charge on any atom is -0.493 e. The predicted octanol–water partition coefficient (Wildman–Crippen LogP) is 2.84. The van der Waals surface area contributed by atoms with E-state index in [4.69, 9.17) is 9.47 Å². The van der Waals surface area contributed by atoms with Crippen molar-refractivity contribution in [3.05, 3.63) is 22.2 Å². The lowest BCUT2D eigenvalue weighted by Crippen LogP contribution is -2.13. The summed E-state index contributed by atoms with van der Waals surface area (Å²) in [6, 6.07) is 3.84. The number of rotatable bonds is 7. The summed E-state index contributed by atoms with van der Waals surface area (Å²) < 4.78 is 11.4. The Hall–Kier alpha value is -1.07. The van der Waals surface area contributed by atoms with Gasteiger partial charge >= 0.3 is 0 Å². The molecule has 0 N–H and O–H groups in total. The maximum atomic E-state index is 5.33. The van der Waals surface area contributed by atoms with Gasteiger partial charge in [0.15, 0.2) is 11.5 Å². The van der Waals surface area contributed by atoms with Crippen LogP contribution in [-0.2, 0) is 0 Å². The number of aliphatic imine (C=N–C) groups is 1. The Kier molecular flexibility index (Phi) is 6.87. The molecule has 0 saturated carbocycles. The van der Waals surface area contributed by atoms with E-state index in [-0.39, 0.29) is 0 Å². The molecule has 1 aromatic carbocycles. The molecule has 0 spiro atoms. The van der Waals surface area contributed by atoms with Gasteiger partial charge in [0.1, 0.15) is 0 Å². The average Bonchev–Trinajstić information content (AvgIpc) is 2.39. The van der Waals surface area contributed by atoms with E-state index in [1.54, 1.807) is 14.2 Å². The fourth-order valence-electron chi connectivity index (χ4n) is 1.65. The summed E-state index contributed by atoms with van der Waals surface area (Å²) in [4.78, 5) is 6.58. The van der Waals surface area contributed by atoms with Gasteiger partial charge in [-0.25, -0.2) is 0 Å². The average molecular weight is 329 g/mol. The Morgan fingerprint density at radius 3 is 2.58 bits per heavy atom. The highest BCUT2D eigenvalue weighted by atomic mass is 79.9. The molecule has 0 heterocycles. The van der Waals surface area contributed by atoms with Crippen LogP contribution in [0.3, 0.4) is 0 Å². The second-order valence-electron chi connectivity index (χ2n) is 4.40. The lowest BCUT2D eigenvalue weighted by molar-refractivity contribution is 0.353. The minimum absolute atomic E-state index is 0.694. The number of halogens is 1. The molecule has 0 aliphatic heterocycles. The molecule has 106 valence electrons. The van der Waals surface area contributed by atoms with E-state index in [1.165, 1.54) is 0 Å². The van der Waals surface area contributed by atoms with Gasteiger partial charge in [-0.3, -0.25) is 4.99 Å². The van der Waals surface area contributed by atoms with Gasteiger partial charge in [0.25, 0.3) is 0 Å². The number of methoxy groups -OCH3 is 2. The Morgan fingerprint density at radius 1 is 1.26 bits per heavy atom. The van der Waals surface area contributed by atoms with Crippen LogP contribution in [0.1, 0.15) is 12.0 Å². The van der Waals surface area contributed by atoms with Crippen molar-refractivity contribution in [2.24, 2.45) is 4.99 Å². The van der Waals surface area contributed by atoms with Gasteiger partial charge in [-0.05, 0) is 55.1 Å². The normalized spacial score (nSPS) is 11.3. The highest BCUT2D eigenvalue weighted by molar-refractivity contribution is 9.10. The molecule has 0 aliphatic rings. The number of hydrogen-bond acceptors (Lipinski definition) is 4. The van der Waals surface area contributed by atoms with E-state index in [0.29, 0.717) is 11.5 Å². The molecule has 0 bridgehead atoms. The van der Waals surface area contributed by atoms with Crippen LogP contribution in [0.4, 0.5) is 0 Å². The third-order valence-electron chi connectivity index (χ3n) is 2.64. The summed E-state index contributed by atoms with van der Waals surface area (Å²) in [6.45, 7) is 1.86. The molecular weight excluding hydrogens is 308 g/mol. The summed E-state index contributed by atoms with van der Waals surface area (Å²) >= 11 is 3.52. The van der Waals surface area contributed by atoms with Crippen LogP contribution in [0.15, 0.2) is 21.6 Å². The van der Waals surface area contributed by atoms with Crippen molar-refractivity contribution in [2.45, 2.75) is 6.42 Å². The van der Waals surface area contributed by atoms with Crippen LogP contribution >= 0.6 is 15.9 Å². The lowest BCUT2D eigenvalue weighted by Gasteiger charge is -2.11. The fraction of sp³-hybridized carbons (Fsp3) is 0.500. The maximum absolute atomic E-state index is 5.33. The molecule has 0 fully saturated rings. The molecule has 4 nitrogen and oxygen atoms in total. The standard InChI is InChI=1S/C14H21BrN2O2/c1-17(2)9-5-8-16-10-11-6-7-12(18-3)14(19-4)13(11)15/h6-7,10H,5,8-9H2,1-4H3. The minimum atomic E-state index is 0.694. The monoisotopic (exact) mass is 328 g/mol. The quantitative estimate of drug-likeness (QED) is 0.570. The Balaban J connectivity index is 2.71. The molecule has 1 rings (SSSR count). The lowest BCUT2D eigenvalue weighted by atomic mass is 10.2. The van der Waals surface area contributed by atoms with Crippen LogP contribution in [0.5, 0.6) is 11.5 Å². The second kappa shape index (κ2) is 8.17. The Bertz CT molecular complexity index is 434. The molecule has 0 aliphatic carbocycles. The zero-order valence-corrected chi connectivity index (χ0v) is 13.5. The SMILES string of the molecule is COc1ccc(C=NCCCN(C)C)c(Br)c1OC. The molecule has 0 atom stereocenters. The van der Waals surface area contributed by atoms with Gasteiger partial charge < -0.3 is 14.4 Å². The second-order valence-corrected chi connectivity index (χ2v) is 5.19. The van der Waals surface area contributed by atoms with Crippen molar-refractivity contribution in [2.75, 3.05) is 41.4 Å². The van der Waals surface area contributed by atoms with Gasteiger partial charge in [0.05, 0.1) is 18.7 Å². The van der Waals surface area contributed by atoms with Crippen molar-refractivity contribution in [3.8, 4) is 11.5 Å². The molecule has 0 aromatic heterocycles. The first-order valence-corrected chi connectivity index (χ1v) is 6.94. The van der Waals surface area contributed by atoms with Crippen molar-refractivity contribution >= 4 is 22.1 Å². The molecule has 1 aromatic rings. The highest BCUT2D eigenvalue weighted by Gasteiger charge is 2.10. The third kappa shape index (κ3) is 4.84. The topological polar surface area (TPSA) is 34.1 Å². The van der Waals surface area contributed by atoms with E-state index in [9.17, 15) is 0 Å². The van der Waals surface area contributed by atoms with Crippen LogP contribution in [-0.4, -0.2) is 52.5 Å². The maximum Gasteiger partial charge on any atom is 0.175 e. The molecule has 0 unspecified atom stereocenters. The smallest absolute Gasteiger partial charge is 0.175 e. The van der Waals surface area contributed by atoms with Gasteiger partial charge in [-0.15, -0.1) is 0 Å². The fourth-order valence-corrected chi connectivity index (χ4v) is 2.24. The first kappa shape index (κ1) is 16.0. The van der Waals surface area contributed by atoms with Gasteiger partial charge in [-0.2, -0.15) is 0 Å². The molecule has 0 amide bonds. The van der Waals surface area contributed by atoms with Crippen molar-refractivity contribution in [3.63, 3.8) is 0 Å². The van der Waals surface area contributed by atoms with Crippen molar-refractivity contribution < 1.29 is 9.47 Å².